The van der Waals surface area contributed by atoms with E-state index in [-0.39, 0.29) is 17.5 Å². The summed E-state index contributed by atoms with van der Waals surface area (Å²) >= 11 is 0. The molecule has 0 fully saturated rings. The van der Waals surface area contributed by atoms with E-state index in [0.29, 0.717) is 5.56 Å². The van der Waals surface area contributed by atoms with Gasteiger partial charge in [-0.1, -0.05) is 36.4 Å². The Kier molecular flexibility index (Phi) is 3.08. The number of fused-ring (bicyclic) bond motifs is 1. The quantitative estimate of drug-likeness (QED) is 0.889. The molecule has 0 saturated carbocycles. The van der Waals surface area contributed by atoms with Crippen molar-refractivity contribution in [2.45, 2.75) is 19.3 Å². The molecule has 1 N–H and O–H groups in total. The van der Waals surface area contributed by atoms with Gasteiger partial charge >= 0.3 is 0 Å². The van der Waals surface area contributed by atoms with Crippen molar-refractivity contribution in [3.05, 3.63) is 65.2 Å². The molecule has 1 unspecified atom stereocenters. The van der Waals surface area contributed by atoms with Crippen LogP contribution in [0.1, 0.15) is 27.9 Å². The van der Waals surface area contributed by atoms with E-state index in [1.165, 1.54) is 5.56 Å². The molecule has 0 heterocycles. The number of ketones is 1. The molecular weight excluding hydrogens is 236 g/mol. The number of carbonyl (C=O) groups excluding carboxylic acids is 1. The molecule has 19 heavy (non-hydrogen) atoms. The van der Waals surface area contributed by atoms with E-state index in [9.17, 15) is 9.90 Å². The summed E-state index contributed by atoms with van der Waals surface area (Å²) in [5, 5.41) is 9.53. The van der Waals surface area contributed by atoms with E-state index in [4.69, 9.17) is 0 Å². The van der Waals surface area contributed by atoms with Crippen LogP contribution in [0.15, 0.2) is 48.5 Å². The number of aryl methyl sites for hydroxylation is 1. The van der Waals surface area contributed by atoms with Gasteiger partial charge < -0.3 is 5.11 Å². The van der Waals surface area contributed by atoms with Gasteiger partial charge in [0.2, 0.25) is 0 Å². The van der Waals surface area contributed by atoms with E-state index in [2.05, 4.69) is 12.1 Å². The highest BCUT2D eigenvalue weighted by Gasteiger charge is 2.27. The van der Waals surface area contributed by atoms with Crippen LogP contribution in [0.25, 0.3) is 0 Å². The lowest BCUT2D eigenvalue weighted by molar-refractivity contribution is 0.0901. The zero-order chi connectivity index (χ0) is 13.2. The minimum absolute atomic E-state index is 0.0386. The second-order valence-corrected chi connectivity index (χ2v) is 5.13. The normalized spacial score (nSPS) is 18.1. The molecule has 0 radical (unpaired) electrons. The highest BCUT2D eigenvalue weighted by Crippen LogP contribution is 2.30. The second-order valence-electron chi connectivity index (χ2n) is 5.13. The summed E-state index contributed by atoms with van der Waals surface area (Å²) in [6, 6.07) is 15.2. The van der Waals surface area contributed by atoms with E-state index in [1.807, 2.05) is 24.3 Å². The smallest absolute Gasteiger partial charge is 0.166 e. The number of aromatic hydroxyl groups is 1. The lowest BCUT2D eigenvalue weighted by atomic mass is 9.80. The largest absolute Gasteiger partial charge is 0.508 e. The molecule has 3 rings (SSSR count). The van der Waals surface area contributed by atoms with Crippen molar-refractivity contribution in [1.29, 1.82) is 0 Å². The highest BCUT2D eigenvalue weighted by atomic mass is 16.3. The van der Waals surface area contributed by atoms with Crippen LogP contribution in [-0.2, 0) is 12.8 Å². The van der Waals surface area contributed by atoms with Crippen molar-refractivity contribution in [1.82, 2.24) is 0 Å². The van der Waals surface area contributed by atoms with Crippen molar-refractivity contribution in [2.24, 2.45) is 5.92 Å². The Bertz CT molecular complexity index is 602. The number of hydrogen-bond donors (Lipinski definition) is 1. The summed E-state index contributed by atoms with van der Waals surface area (Å²) in [7, 11) is 0. The lowest BCUT2D eigenvalue weighted by Crippen LogP contribution is -2.24. The lowest BCUT2D eigenvalue weighted by Gasteiger charge is -2.23. The Morgan fingerprint density at radius 1 is 1.11 bits per heavy atom. The van der Waals surface area contributed by atoms with Crippen LogP contribution in [0, 0.1) is 5.92 Å². The Morgan fingerprint density at radius 2 is 1.89 bits per heavy atom. The number of rotatable bonds is 2. The monoisotopic (exact) mass is 252 g/mol. The van der Waals surface area contributed by atoms with Crippen LogP contribution in [0.3, 0.4) is 0 Å². The fraction of sp³-hybridized carbons (Fsp3) is 0.235. The maximum atomic E-state index is 12.5. The van der Waals surface area contributed by atoms with E-state index < -0.39 is 0 Å². The van der Waals surface area contributed by atoms with Gasteiger partial charge in [0, 0.05) is 11.5 Å². The van der Waals surface area contributed by atoms with Crippen molar-refractivity contribution >= 4 is 5.78 Å². The second kappa shape index (κ2) is 4.88. The molecule has 1 atom stereocenters. The molecule has 0 aliphatic heterocycles. The summed E-state index contributed by atoms with van der Waals surface area (Å²) in [6.45, 7) is 0. The van der Waals surface area contributed by atoms with Crippen LogP contribution >= 0.6 is 0 Å². The predicted octanol–water partition coefficient (Wildman–Crippen LogP) is 3.38. The number of Topliss-reactive ketones (excluding diaryl/α,β-unsaturated/α-hetero) is 1. The van der Waals surface area contributed by atoms with Crippen LogP contribution in [0.5, 0.6) is 5.75 Å². The maximum absolute atomic E-state index is 12.5. The minimum atomic E-state index is 0.0386. The molecule has 2 nitrogen and oxygen atoms in total. The van der Waals surface area contributed by atoms with Gasteiger partial charge in [-0.3, -0.25) is 4.79 Å². The average molecular weight is 252 g/mol. The van der Waals surface area contributed by atoms with Gasteiger partial charge in [-0.25, -0.2) is 0 Å². The van der Waals surface area contributed by atoms with Gasteiger partial charge in [-0.05, 0) is 42.5 Å². The SMILES string of the molecule is O=C1c2cc(O)ccc2CCC1Cc1ccccc1. The summed E-state index contributed by atoms with van der Waals surface area (Å²) in [4.78, 5) is 12.5. The molecule has 0 bridgehead atoms. The van der Waals surface area contributed by atoms with E-state index >= 15 is 0 Å². The van der Waals surface area contributed by atoms with Crippen molar-refractivity contribution in [2.75, 3.05) is 0 Å². The van der Waals surface area contributed by atoms with Gasteiger partial charge in [0.05, 0.1) is 0 Å². The van der Waals surface area contributed by atoms with Crippen LogP contribution in [-0.4, -0.2) is 10.9 Å². The van der Waals surface area contributed by atoms with Gasteiger partial charge in [0.1, 0.15) is 5.75 Å². The number of hydrogen-bond acceptors (Lipinski definition) is 2. The molecule has 0 amide bonds. The first-order valence-electron chi connectivity index (χ1n) is 6.64. The highest BCUT2D eigenvalue weighted by molar-refractivity contribution is 6.00. The summed E-state index contributed by atoms with van der Waals surface area (Å²) in [5.41, 5.74) is 2.96. The zero-order valence-electron chi connectivity index (χ0n) is 10.7. The third-order valence-electron chi connectivity index (χ3n) is 3.82. The Morgan fingerprint density at radius 3 is 2.68 bits per heavy atom. The van der Waals surface area contributed by atoms with Gasteiger partial charge in [-0.15, -0.1) is 0 Å². The van der Waals surface area contributed by atoms with E-state index in [1.54, 1.807) is 12.1 Å². The first-order valence-corrected chi connectivity index (χ1v) is 6.64. The Balaban J connectivity index is 1.85. The summed E-state index contributed by atoms with van der Waals surface area (Å²) < 4.78 is 0. The molecule has 1 aliphatic rings. The molecular formula is C17H16O2. The first kappa shape index (κ1) is 12.0. The molecule has 96 valence electrons. The Hall–Kier alpha value is -2.09. The molecule has 0 spiro atoms. The summed E-state index contributed by atoms with van der Waals surface area (Å²) in [6.07, 6.45) is 2.60. The molecule has 1 aliphatic carbocycles. The maximum Gasteiger partial charge on any atom is 0.166 e. The van der Waals surface area contributed by atoms with E-state index in [0.717, 1.165) is 24.8 Å². The molecule has 0 saturated heterocycles. The third kappa shape index (κ3) is 2.39. The number of carbonyl (C=O) groups is 1. The number of phenols is 1. The van der Waals surface area contributed by atoms with Crippen LogP contribution in [0.2, 0.25) is 0 Å². The van der Waals surface area contributed by atoms with Crippen LogP contribution < -0.4 is 0 Å². The zero-order valence-corrected chi connectivity index (χ0v) is 10.7. The predicted molar refractivity (Wildman–Crippen MR) is 74.4 cm³/mol. The molecule has 2 aromatic rings. The third-order valence-corrected chi connectivity index (χ3v) is 3.82. The average Bonchev–Trinajstić information content (AvgIpc) is 2.44. The summed E-state index contributed by atoms with van der Waals surface area (Å²) in [5.74, 6) is 0.380. The number of phenolic OH excluding ortho intramolecular Hbond substituents is 1. The van der Waals surface area contributed by atoms with Gasteiger partial charge in [0.15, 0.2) is 5.78 Å². The first-order chi connectivity index (χ1) is 9.24. The van der Waals surface area contributed by atoms with Crippen LogP contribution in [0.4, 0.5) is 0 Å². The number of benzene rings is 2. The fourth-order valence-corrected chi connectivity index (χ4v) is 2.79. The fourth-order valence-electron chi connectivity index (χ4n) is 2.79. The topological polar surface area (TPSA) is 37.3 Å². The minimum Gasteiger partial charge on any atom is -0.508 e. The van der Waals surface area contributed by atoms with Crippen molar-refractivity contribution < 1.29 is 9.90 Å². The molecule has 2 heteroatoms. The molecule has 0 aromatic heterocycles. The van der Waals surface area contributed by atoms with Crippen molar-refractivity contribution in [3.8, 4) is 5.75 Å². The molecule has 2 aromatic carbocycles. The van der Waals surface area contributed by atoms with Gasteiger partial charge in [-0.2, -0.15) is 0 Å². The van der Waals surface area contributed by atoms with Crippen molar-refractivity contribution in [3.63, 3.8) is 0 Å². The van der Waals surface area contributed by atoms with Gasteiger partial charge in [0.25, 0.3) is 0 Å². The standard InChI is InChI=1S/C17H16O2/c18-15-9-8-13-6-7-14(17(19)16(13)11-15)10-12-4-2-1-3-5-12/h1-5,8-9,11,14,18H,6-7,10H2. The Labute approximate surface area is 112 Å².